The zero-order chi connectivity index (χ0) is 17.0. The topological polar surface area (TPSA) is 25.2 Å². The van der Waals surface area contributed by atoms with Crippen molar-refractivity contribution in [3.8, 4) is 11.1 Å². The van der Waals surface area contributed by atoms with Gasteiger partial charge in [-0.1, -0.05) is 48.5 Å². The van der Waals surface area contributed by atoms with Crippen LogP contribution in [0.5, 0.6) is 0 Å². The molecule has 3 aromatic rings. The minimum atomic E-state index is -0.493. The summed E-state index contributed by atoms with van der Waals surface area (Å²) in [4.78, 5) is 8.68. The highest BCUT2D eigenvalue weighted by molar-refractivity contribution is 5.65. The molecular formula is C21H19FN2. The van der Waals surface area contributed by atoms with Crippen LogP contribution in [0, 0.1) is 5.82 Å². The molecule has 0 fully saturated rings. The summed E-state index contributed by atoms with van der Waals surface area (Å²) in [6.45, 7) is 4.01. The average molecular weight is 318 g/mol. The maximum Gasteiger partial charge on any atom is 0.142 e. The molecule has 0 bridgehead atoms. The molecule has 3 heteroatoms. The van der Waals surface area contributed by atoms with Gasteiger partial charge < -0.3 is 0 Å². The molecule has 1 atom stereocenters. The van der Waals surface area contributed by atoms with Crippen molar-refractivity contribution in [2.24, 2.45) is 4.99 Å². The van der Waals surface area contributed by atoms with Gasteiger partial charge in [0.25, 0.3) is 0 Å². The molecule has 1 aromatic heterocycles. The van der Waals surface area contributed by atoms with Gasteiger partial charge in [-0.3, -0.25) is 9.98 Å². The first kappa shape index (κ1) is 16.1. The van der Waals surface area contributed by atoms with Gasteiger partial charge in [0, 0.05) is 11.8 Å². The maximum absolute atomic E-state index is 13.5. The molecule has 0 radical (unpaired) electrons. The highest BCUT2D eigenvalue weighted by atomic mass is 19.1. The van der Waals surface area contributed by atoms with Crippen LogP contribution in [-0.4, -0.2) is 11.2 Å². The number of nitrogens with zero attached hydrogens (tertiary/aromatic N) is 2. The molecule has 24 heavy (non-hydrogen) atoms. The van der Waals surface area contributed by atoms with Crippen molar-refractivity contribution in [2.45, 2.75) is 19.4 Å². The van der Waals surface area contributed by atoms with Crippen molar-refractivity contribution in [3.05, 3.63) is 90.0 Å². The van der Waals surface area contributed by atoms with Gasteiger partial charge in [0.05, 0.1) is 6.20 Å². The van der Waals surface area contributed by atoms with Crippen molar-refractivity contribution in [2.75, 3.05) is 0 Å². The third-order valence-corrected chi connectivity index (χ3v) is 4.19. The second kappa shape index (κ2) is 6.75. The largest absolute Gasteiger partial charge is 0.282 e. The lowest BCUT2D eigenvalue weighted by Crippen LogP contribution is -2.21. The molecule has 0 aliphatic carbocycles. The van der Waals surface area contributed by atoms with E-state index in [4.69, 9.17) is 4.99 Å². The quantitative estimate of drug-likeness (QED) is 0.604. The first-order valence-corrected chi connectivity index (χ1v) is 7.90. The highest BCUT2D eigenvalue weighted by Gasteiger charge is 2.27. The lowest BCUT2D eigenvalue weighted by Gasteiger charge is -2.27. The van der Waals surface area contributed by atoms with E-state index in [1.165, 1.54) is 12.3 Å². The Morgan fingerprint density at radius 3 is 2.38 bits per heavy atom. The molecule has 0 saturated carbocycles. The van der Waals surface area contributed by atoms with Crippen LogP contribution in [0.25, 0.3) is 11.1 Å². The van der Waals surface area contributed by atoms with Crippen LogP contribution in [0.1, 0.15) is 25.0 Å². The van der Waals surface area contributed by atoms with Gasteiger partial charge >= 0.3 is 0 Å². The van der Waals surface area contributed by atoms with E-state index >= 15 is 0 Å². The molecule has 120 valence electrons. The molecule has 2 aromatic carbocycles. The summed E-state index contributed by atoms with van der Waals surface area (Å²) >= 11 is 0. The van der Waals surface area contributed by atoms with Crippen molar-refractivity contribution < 1.29 is 4.39 Å². The third-order valence-electron chi connectivity index (χ3n) is 4.19. The SMILES string of the molecule is CC=NC(C)(c1ccccc1)c1cccc(-c2cncc(F)c2)c1. The average Bonchev–Trinajstić information content (AvgIpc) is 2.63. The molecule has 0 aliphatic rings. The molecular weight excluding hydrogens is 299 g/mol. The number of pyridine rings is 1. The Morgan fingerprint density at radius 1 is 0.917 bits per heavy atom. The first-order chi connectivity index (χ1) is 11.6. The van der Waals surface area contributed by atoms with Crippen LogP contribution in [0.3, 0.4) is 0 Å². The van der Waals surface area contributed by atoms with E-state index in [0.29, 0.717) is 0 Å². The van der Waals surface area contributed by atoms with Gasteiger partial charge in [0.1, 0.15) is 11.4 Å². The van der Waals surface area contributed by atoms with Crippen molar-refractivity contribution in [1.82, 2.24) is 4.98 Å². The minimum Gasteiger partial charge on any atom is -0.282 e. The number of hydrogen-bond donors (Lipinski definition) is 0. The molecule has 0 aliphatic heterocycles. The predicted molar refractivity (Wildman–Crippen MR) is 96.7 cm³/mol. The van der Waals surface area contributed by atoms with Gasteiger partial charge in [-0.05, 0) is 48.9 Å². The fourth-order valence-electron chi connectivity index (χ4n) is 2.91. The number of rotatable bonds is 4. The highest BCUT2D eigenvalue weighted by Crippen LogP contribution is 2.35. The van der Waals surface area contributed by atoms with E-state index in [1.807, 2.05) is 43.5 Å². The molecule has 1 heterocycles. The summed E-state index contributed by atoms with van der Waals surface area (Å²) in [5, 5.41) is 0. The molecule has 1 unspecified atom stereocenters. The lowest BCUT2D eigenvalue weighted by molar-refractivity contribution is 0.609. The summed E-state index contributed by atoms with van der Waals surface area (Å²) in [6.07, 6.45) is 4.71. The predicted octanol–water partition coefficient (Wildman–Crippen LogP) is 5.24. The van der Waals surface area contributed by atoms with E-state index in [9.17, 15) is 4.39 Å². The van der Waals surface area contributed by atoms with E-state index in [1.54, 1.807) is 6.20 Å². The normalized spacial score (nSPS) is 13.8. The summed E-state index contributed by atoms with van der Waals surface area (Å²) in [7, 11) is 0. The molecule has 2 nitrogen and oxygen atoms in total. The van der Waals surface area contributed by atoms with E-state index < -0.39 is 5.54 Å². The summed E-state index contributed by atoms with van der Waals surface area (Å²) in [5.74, 6) is -0.338. The standard InChI is InChI=1S/C21H19FN2/c1-3-24-21(2,18-9-5-4-6-10-18)19-11-7-8-16(12-19)17-13-20(22)15-23-14-17/h3-15H,1-2H3. The number of benzene rings is 2. The van der Waals surface area contributed by atoms with Crippen LogP contribution in [0.15, 0.2) is 78.0 Å². The number of hydrogen-bond acceptors (Lipinski definition) is 2. The Morgan fingerprint density at radius 2 is 1.67 bits per heavy atom. The number of halogens is 1. The zero-order valence-corrected chi connectivity index (χ0v) is 13.8. The second-order valence-corrected chi connectivity index (χ2v) is 5.80. The van der Waals surface area contributed by atoms with E-state index in [2.05, 4.69) is 36.2 Å². The Hall–Kier alpha value is -2.81. The summed E-state index contributed by atoms with van der Waals surface area (Å²) in [6, 6.07) is 19.7. The molecule has 0 spiro atoms. The number of aromatic nitrogens is 1. The fourth-order valence-corrected chi connectivity index (χ4v) is 2.91. The van der Waals surface area contributed by atoms with Crippen LogP contribution >= 0.6 is 0 Å². The zero-order valence-electron chi connectivity index (χ0n) is 13.8. The molecule has 3 rings (SSSR count). The van der Waals surface area contributed by atoms with Crippen LogP contribution in [-0.2, 0) is 5.54 Å². The van der Waals surface area contributed by atoms with Gasteiger partial charge in [-0.25, -0.2) is 4.39 Å². The van der Waals surface area contributed by atoms with E-state index in [-0.39, 0.29) is 5.82 Å². The van der Waals surface area contributed by atoms with Crippen LogP contribution in [0.2, 0.25) is 0 Å². The second-order valence-electron chi connectivity index (χ2n) is 5.80. The monoisotopic (exact) mass is 318 g/mol. The Bertz CT molecular complexity index is 858. The number of aliphatic imine (C=N–C) groups is 1. The minimum absolute atomic E-state index is 0.338. The smallest absolute Gasteiger partial charge is 0.142 e. The van der Waals surface area contributed by atoms with Crippen molar-refractivity contribution >= 4 is 6.21 Å². The Labute approximate surface area is 141 Å². The summed E-state index contributed by atoms with van der Waals surface area (Å²) < 4.78 is 13.5. The van der Waals surface area contributed by atoms with Gasteiger partial charge in [0.2, 0.25) is 0 Å². The maximum atomic E-state index is 13.5. The molecule has 0 N–H and O–H groups in total. The van der Waals surface area contributed by atoms with Crippen molar-refractivity contribution in [3.63, 3.8) is 0 Å². The first-order valence-electron chi connectivity index (χ1n) is 7.90. The van der Waals surface area contributed by atoms with Gasteiger partial charge in [-0.2, -0.15) is 0 Å². The summed E-state index contributed by atoms with van der Waals surface area (Å²) in [5.41, 5.74) is 3.35. The molecule has 0 saturated heterocycles. The Balaban J connectivity index is 2.12. The van der Waals surface area contributed by atoms with E-state index in [0.717, 1.165) is 22.3 Å². The van der Waals surface area contributed by atoms with Gasteiger partial charge in [0.15, 0.2) is 0 Å². The lowest BCUT2D eigenvalue weighted by atomic mass is 9.84. The Kier molecular flexibility index (Phi) is 4.52. The fraction of sp³-hybridized carbons (Fsp3) is 0.143. The van der Waals surface area contributed by atoms with Crippen LogP contribution < -0.4 is 0 Å². The van der Waals surface area contributed by atoms with Crippen molar-refractivity contribution in [1.29, 1.82) is 0 Å². The molecule has 0 amide bonds. The van der Waals surface area contributed by atoms with Crippen LogP contribution in [0.4, 0.5) is 4.39 Å². The third kappa shape index (κ3) is 3.11. The van der Waals surface area contributed by atoms with Gasteiger partial charge in [-0.15, -0.1) is 0 Å².